The Kier molecular flexibility index (Phi) is 6.48. The predicted octanol–water partition coefficient (Wildman–Crippen LogP) is 3.45. The lowest BCUT2D eigenvalue weighted by Gasteiger charge is -2.25. The molecule has 1 saturated carbocycles. The van der Waals surface area contributed by atoms with Gasteiger partial charge in [-0.25, -0.2) is 0 Å². The van der Waals surface area contributed by atoms with Crippen molar-refractivity contribution < 1.29 is 18.0 Å². The molecule has 0 aliphatic heterocycles. The highest BCUT2D eigenvalue weighted by atomic mass is 35.5. The Morgan fingerprint density at radius 2 is 1.78 bits per heavy atom. The summed E-state index contributed by atoms with van der Waals surface area (Å²) in [5, 5.41) is 2.87. The predicted molar refractivity (Wildman–Crippen MR) is 85.4 cm³/mol. The minimum atomic E-state index is -4.33. The van der Waals surface area contributed by atoms with Crippen LogP contribution in [0.1, 0.15) is 43.7 Å². The van der Waals surface area contributed by atoms with E-state index in [1.165, 1.54) is 12.1 Å². The monoisotopic (exact) mass is 350 g/mol. The first-order valence-electron chi connectivity index (χ1n) is 7.47. The zero-order chi connectivity index (χ0) is 16.4. The summed E-state index contributed by atoms with van der Waals surface area (Å²) in [5.41, 5.74) is 5.37. The van der Waals surface area contributed by atoms with E-state index in [2.05, 4.69) is 5.32 Å². The number of hydrogen-bond donors (Lipinski definition) is 2. The summed E-state index contributed by atoms with van der Waals surface area (Å²) in [6.07, 6.45) is -0.571. The van der Waals surface area contributed by atoms with Gasteiger partial charge in [-0.1, -0.05) is 25.0 Å². The average Bonchev–Trinajstić information content (AvgIpc) is 2.86. The number of halogens is 4. The average molecular weight is 351 g/mol. The van der Waals surface area contributed by atoms with E-state index in [9.17, 15) is 18.0 Å². The van der Waals surface area contributed by atoms with Gasteiger partial charge in [-0.15, -0.1) is 12.4 Å². The van der Waals surface area contributed by atoms with Crippen LogP contribution in [0.25, 0.3) is 0 Å². The second-order valence-corrected chi connectivity index (χ2v) is 6.14. The summed E-state index contributed by atoms with van der Waals surface area (Å²) >= 11 is 0. The van der Waals surface area contributed by atoms with Gasteiger partial charge in [-0.05, 0) is 43.9 Å². The van der Waals surface area contributed by atoms with Crippen LogP contribution in [-0.4, -0.2) is 17.5 Å². The number of benzene rings is 1. The van der Waals surface area contributed by atoms with Gasteiger partial charge in [-0.2, -0.15) is 13.2 Å². The highest BCUT2D eigenvalue weighted by Crippen LogP contribution is 2.29. The van der Waals surface area contributed by atoms with Crippen LogP contribution in [0.2, 0.25) is 0 Å². The molecule has 1 atom stereocenters. The standard InChI is InChI=1S/C16H21F3N2O.ClH/c1-11(21-14(22)15(20)8-2-3-9-15)10-12-4-6-13(7-5-12)16(17,18)19;/h4-7,11H,2-3,8-10,20H2,1H3,(H,21,22);1H. The molecule has 0 saturated heterocycles. The van der Waals surface area contributed by atoms with Crippen LogP contribution >= 0.6 is 12.4 Å². The molecule has 7 heteroatoms. The molecule has 1 aliphatic carbocycles. The maximum absolute atomic E-state index is 12.5. The Hall–Kier alpha value is -1.27. The molecule has 3 N–H and O–H groups in total. The zero-order valence-corrected chi connectivity index (χ0v) is 13.8. The summed E-state index contributed by atoms with van der Waals surface area (Å²) in [7, 11) is 0. The molecule has 1 fully saturated rings. The van der Waals surface area contributed by atoms with Crippen LogP contribution < -0.4 is 11.1 Å². The van der Waals surface area contributed by atoms with Crippen LogP contribution in [0.4, 0.5) is 13.2 Å². The number of nitrogens with two attached hydrogens (primary N) is 1. The van der Waals surface area contributed by atoms with Gasteiger partial charge in [-0.3, -0.25) is 4.79 Å². The molecule has 0 bridgehead atoms. The van der Waals surface area contributed by atoms with E-state index in [1.54, 1.807) is 0 Å². The van der Waals surface area contributed by atoms with Gasteiger partial charge in [0.25, 0.3) is 0 Å². The molecule has 0 spiro atoms. The molecule has 130 valence electrons. The molecule has 1 aliphatic rings. The maximum Gasteiger partial charge on any atom is 0.416 e. The zero-order valence-electron chi connectivity index (χ0n) is 13.0. The summed E-state index contributed by atoms with van der Waals surface area (Å²) in [6, 6.07) is 4.83. The van der Waals surface area contributed by atoms with Gasteiger partial charge < -0.3 is 11.1 Å². The Labute approximate surface area is 140 Å². The van der Waals surface area contributed by atoms with E-state index in [0.29, 0.717) is 19.3 Å². The van der Waals surface area contributed by atoms with Crippen LogP contribution in [0.5, 0.6) is 0 Å². The minimum Gasteiger partial charge on any atom is -0.352 e. The third kappa shape index (κ3) is 5.11. The lowest BCUT2D eigenvalue weighted by atomic mass is 9.97. The number of nitrogens with one attached hydrogen (secondary N) is 1. The van der Waals surface area contributed by atoms with Crippen molar-refractivity contribution in [2.45, 2.75) is 56.8 Å². The summed E-state index contributed by atoms with van der Waals surface area (Å²) < 4.78 is 37.5. The molecule has 2 rings (SSSR count). The Morgan fingerprint density at radius 3 is 2.26 bits per heavy atom. The van der Waals surface area contributed by atoms with Gasteiger partial charge in [0.05, 0.1) is 11.1 Å². The minimum absolute atomic E-state index is 0. The third-order valence-corrected chi connectivity index (χ3v) is 4.15. The van der Waals surface area contributed by atoms with E-state index in [1.807, 2.05) is 6.92 Å². The molecule has 0 aromatic heterocycles. The van der Waals surface area contributed by atoms with Crippen molar-refractivity contribution in [2.75, 3.05) is 0 Å². The number of hydrogen-bond acceptors (Lipinski definition) is 2. The maximum atomic E-state index is 12.5. The number of amides is 1. The number of rotatable bonds is 4. The van der Waals surface area contributed by atoms with Crippen LogP contribution in [0.3, 0.4) is 0 Å². The van der Waals surface area contributed by atoms with Crippen molar-refractivity contribution in [3.63, 3.8) is 0 Å². The quantitative estimate of drug-likeness (QED) is 0.874. The van der Waals surface area contributed by atoms with Gasteiger partial charge in [0.15, 0.2) is 0 Å². The van der Waals surface area contributed by atoms with Gasteiger partial charge in [0.2, 0.25) is 5.91 Å². The molecule has 1 unspecified atom stereocenters. The van der Waals surface area contributed by atoms with E-state index in [-0.39, 0.29) is 24.4 Å². The second-order valence-electron chi connectivity index (χ2n) is 6.14. The van der Waals surface area contributed by atoms with Crippen molar-refractivity contribution in [3.05, 3.63) is 35.4 Å². The SMILES string of the molecule is CC(Cc1ccc(C(F)(F)F)cc1)NC(=O)C1(N)CCCC1.Cl. The van der Waals surface area contributed by atoms with Gasteiger partial charge in [0, 0.05) is 6.04 Å². The number of carbonyl (C=O) groups is 1. The second kappa shape index (κ2) is 7.53. The van der Waals surface area contributed by atoms with Crippen LogP contribution in [0, 0.1) is 0 Å². The summed E-state index contributed by atoms with van der Waals surface area (Å²) in [5.74, 6) is -0.163. The van der Waals surface area contributed by atoms with E-state index < -0.39 is 17.3 Å². The molecular formula is C16H22ClF3N2O. The van der Waals surface area contributed by atoms with E-state index in [0.717, 1.165) is 30.5 Å². The molecule has 0 radical (unpaired) electrons. The third-order valence-electron chi connectivity index (χ3n) is 4.15. The molecule has 0 heterocycles. The van der Waals surface area contributed by atoms with E-state index >= 15 is 0 Å². The van der Waals surface area contributed by atoms with Crippen LogP contribution in [-0.2, 0) is 17.4 Å². The van der Waals surface area contributed by atoms with E-state index in [4.69, 9.17) is 5.73 Å². The Morgan fingerprint density at radius 1 is 1.26 bits per heavy atom. The number of alkyl halides is 3. The Balaban J connectivity index is 0.00000264. The molecule has 1 aromatic rings. The highest BCUT2D eigenvalue weighted by Gasteiger charge is 2.37. The summed E-state index contributed by atoms with van der Waals surface area (Å²) in [6.45, 7) is 1.83. The first-order valence-corrected chi connectivity index (χ1v) is 7.47. The fourth-order valence-corrected chi connectivity index (χ4v) is 2.83. The van der Waals surface area contributed by atoms with Gasteiger partial charge in [0.1, 0.15) is 0 Å². The highest BCUT2D eigenvalue weighted by molar-refractivity contribution is 5.86. The first-order chi connectivity index (χ1) is 10.2. The first kappa shape index (κ1) is 19.8. The van der Waals surface area contributed by atoms with Crippen molar-refractivity contribution in [3.8, 4) is 0 Å². The van der Waals surface area contributed by atoms with Crippen LogP contribution in [0.15, 0.2) is 24.3 Å². The summed E-state index contributed by atoms with van der Waals surface area (Å²) in [4.78, 5) is 12.2. The smallest absolute Gasteiger partial charge is 0.352 e. The lowest BCUT2D eigenvalue weighted by Crippen LogP contribution is -2.54. The van der Waals surface area contributed by atoms with Crippen molar-refractivity contribution in [1.82, 2.24) is 5.32 Å². The fraction of sp³-hybridized carbons (Fsp3) is 0.562. The lowest BCUT2D eigenvalue weighted by molar-refractivity contribution is -0.137. The molecule has 23 heavy (non-hydrogen) atoms. The van der Waals surface area contributed by atoms with Crippen molar-refractivity contribution in [1.29, 1.82) is 0 Å². The van der Waals surface area contributed by atoms with Crippen molar-refractivity contribution in [2.24, 2.45) is 5.73 Å². The van der Waals surface area contributed by atoms with Crippen molar-refractivity contribution >= 4 is 18.3 Å². The fourth-order valence-electron chi connectivity index (χ4n) is 2.83. The Bertz CT molecular complexity index is 525. The van der Waals surface area contributed by atoms with Gasteiger partial charge >= 0.3 is 6.18 Å². The normalized spacial score (nSPS) is 18.1. The molecular weight excluding hydrogens is 329 g/mol. The topological polar surface area (TPSA) is 55.1 Å². The number of carbonyl (C=O) groups excluding carboxylic acids is 1. The molecule has 3 nitrogen and oxygen atoms in total. The largest absolute Gasteiger partial charge is 0.416 e. The molecule has 1 amide bonds. The molecule has 1 aromatic carbocycles.